The van der Waals surface area contributed by atoms with Crippen molar-refractivity contribution in [1.29, 1.82) is 0 Å². The molecule has 1 saturated carbocycles. The summed E-state index contributed by atoms with van der Waals surface area (Å²) in [4.78, 5) is 12.7. The van der Waals surface area contributed by atoms with Gasteiger partial charge in [0.05, 0.1) is 12.0 Å². The minimum Gasteiger partial charge on any atom is -0.373 e. The van der Waals surface area contributed by atoms with E-state index in [1.54, 1.807) is 0 Å². The molecule has 138 valence electrons. The lowest BCUT2D eigenvalue weighted by molar-refractivity contribution is -0.128. The second kappa shape index (κ2) is 7.88. The second-order valence-corrected chi connectivity index (χ2v) is 8.15. The van der Waals surface area contributed by atoms with Gasteiger partial charge in [-0.05, 0) is 45.1 Å². The Morgan fingerprint density at radius 3 is 2.72 bits per heavy atom. The number of carbonyl (C=O) groups excluding carboxylic acids is 1. The Hall–Kier alpha value is -1.39. The van der Waals surface area contributed by atoms with Gasteiger partial charge in [-0.1, -0.05) is 42.7 Å². The molecular weight excluding hydrogens is 312 g/mol. The van der Waals surface area contributed by atoms with Crippen molar-refractivity contribution in [2.45, 2.75) is 64.0 Å². The number of hydrogen-bond acceptors (Lipinski definition) is 3. The number of nitrogens with one attached hydrogen (secondary N) is 1. The van der Waals surface area contributed by atoms with Crippen molar-refractivity contribution in [2.75, 3.05) is 13.2 Å². The number of nitrogens with two attached hydrogens (primary N) is 1. The summed E-state index contributed by atoms with van der Waals surface area (Å²) < 4.78 is 6.06. The van der Waals surface area contributed by atoms with Crippen molar-refractivity contribution < 1.29 is 9.53 Å². The Bertz CT molecular complexity index is 582. The predicted octanol–water partition coefficient (Wildman–Crippen LogP) is 3.49. The summed E-state index contributed by atoms with van der Waals surface area (Å²) in [5.41, 5.74) is 8.47. The molecule has 1 aromatic rings. The second-order valence-electron chi connectivity index (χ2n) is 8.15. The first-order chi connectivity index (χ1) is 12.0. The van der Waals surface area contributed by atoms with Crippen molar-refractivity contribution >= 4 is 5.91 Å². The van der Waals surface area contributed by atoms with Crippen LogP contribution < -0.4 is 11.1 Å². The van der Waals surface area contributed by atoms with E-state index in [2.05, 4.69) is 36.5 Å². The Morgan fingerprint density at radius 2 is 2.00 bits per heavy atom. The molecule has 4 nitrogen and oxygen atoms in total. The highest BCUT2D eigenvalue weighted by atomic mass is 16.5. The molecule has 25 heavy (non-hydrogen) atoms. The van der Waals surface area contributed by atoms with Crippen LogP contribution in [0.4, 0.5) is 0 Å². The maximum atomic E-state index is 12.7. The molecular formula is C21H32N2O2. The third-order valence-corrected chi connectivity index (χ3v) is 5.96. The highest BCUT2D eigenvalue weighted by Crippen LogP contribution is 2.34. The number of hydrogen-bond donors (Lipinski definition) is 2. The molecule has 3 N–H and O–H groups in total. The molecule has 4 heteroatoms. The molecule has 1 heterocycles. The van der Waals surface area contributed by atoms with Crippen molar-refractivity contribution in [3.63, 3.8) is 0 Å². The summed E-state index contributed by atoms with van der Waals surface area (Å²) in [5.74, 6) is 0.384. The SMILES string of the molecule is Cc1ccc(C2OCCCC2CNC(=O)C2CCCCC2(C)N)cc1. The zero-order valence-corrected chi connectivity index (χ0v) is 15.6. The lowest BCUT2D eigenvalue weighted by atomic mass is 9.74. The number of carbonyl (C=O) groups is 1. The fourth-order valence-corrected chi connectivity index (χ4v) is 4.32. The molecule has 2 aliphatic rings. The average Bonchev–Trinajstić information content (AvgIpc) is 2.60. The molecule has 4 unspecified atom stereocenters. The van der Waals surface area contributed by atoms with Crippen LogP contribution in [-0.4, -0.2) is 24.6 Å². The molecule has 1 aliphatic carbocycles. The topological polar surface area (TPSA) is 64.3 Å². The van der Waals surface area contributed by atoms with E-state index in [1.165, 1.54) is 11.1 Å². The van der Waals surface area contributed by atoms with Crippen LogP contribution in [0.15, 0.2) is 24.3 Å². The predicted molar refractivity (Wildman–Crippen MR) is 100 cm³/mol. The van der Waals surface area contributed by atoms with Gasteiger partial charge in [0.2, 0.25) is 5.91 Å². The molecule has 1 aliphatic heterocycles. The normalized spacial score (nSPS) is 33.0. The maximum Gasteiger partial charge on any atom is 0.224 e. The minimum absolute atomic E-state index is 0.0661. The Labute approximate surface area is 151 Å². The zero-order chi connectivity index (χ0) is 17.9. The molecule has 3 rings (SSSR count). The van der Waals surface area contributed by atoms with Gasteiger partial charge in [0.15, 0.2) is 0 Å². The summed E-state index contributed by atoms with van der Waals surface area (Å²) in [6, 6.07) is 8.56. The Balaban J connectivity index is 1.62. The Kier molecular flexibility index (Phi) is 5.80. The first-order valence-corrected chi connectivity index (χ1v) is 9.72. The van der Waals surface area contributed by atoms with E-state index in [4.69, 9.17) is 10.5 Å². The molecule has 1 saturated heterocycles. The van der Waals surface area contributed by atoms with Gasteiger partial charge in [0.1, 0.15) is 0 Å². The largest absolute Gasteiger partial charge is 0.373 e. The molecule has 1 aromatic carbocycles. The van der Waals surface area contributed by atoms with Gasteiger partial charge in [-0.15, -0.1) is 0 Å². The number of aryl methyl sites for hydroxylation is 1. The summed E-state index contributed by atoms with van der Waals surface area (Å²) in [6.45, 7) is 5.59. The Morgan fingerprint density at radius 1 is 1.24 bits per heavy atom. The lowest BCUT2D eigenvalue weighted by Crippen LogP contribution is -2.53. The highest BCUT2D eigenvalue weighted by Gasteiger charge is 2.38. The van der Waals surface area contributed by atoms with Crippen LogP contribution >= 0.6 is 0 Å². The molecule has 0 radical (unpaired) electrons. The van der Waals surface area contributed by atoms with Crippen LogP contribution in [0.25, 0.3) is 0 Å². The van der Waals surface area contributed by atoms with Gasteiger partial charge < -0.3 is 15.8 Å². The summed E-state index contributed by atoms with van der Waals surface area (Å²) in [7, 11) is 0. The standard InChI is InChI=1S/C21H32N2O2/c1-15-8-10-16(11-9-15)19-17(6-5-13-25-19)14-23-20(24)18-7-3-4-12-21(18,2)22/h8-11,17-19H,3-7,12-14,22H2,1-2H3,(H,23,24). The van der Waals surface area contributed by atoms with Crippen molar-refractivity contribution in [2.24, 2.45) is 17.6 Å². The van der Waals surface area contributed by atoms with E-state index in [1.807, 2.05) is 6.92 Å². The smallest absolute Gasteiger partial charge is 0.224 e. The summed E-state index contributed by atoms with van der Waals surface area (Å²) >= 11 is 0. The maximum absolute atomic E-state index is 12.7. The van der Waals surface area contributed by atoms with E-state index >= 15 is 0 Å². The van der Waals surface area contributed by atoms with Crippen LogP contribution in [0.5, 0.6) is 0 Å². The third kappa shape index (κ3) is 4.42. The minimum atomic E-state index is -0.373. The van der Waals surface area contributed by atoms with Gasteiger partial charge >= 0.3 is 0 Å². The quantitative estimate of drug-likeness (QED) is 0.879. The zero-order valence-electron chi connectivity index (χ0n) is 15.6. The fourth-order valence-electron chi connectivity index (χ4n) is 4.32. The molecule has 2 fully saturated rings. The monoisotopic (exact) mass is 344 g/mol. The van der Waals surface area contributed by atoms with E-state index in [9.17, 15) is 4.79 Å². The van der Waals surface area contributed by atoms with Crippen molar-refractivity contribution in [1.82, 2.24) is 5.32 Å². The van der Waals surface area contributed by atoms with E-state index < -0.39 is 0 Å². The van der Waals surface area contributed by atoms with Crippen LogP contribution in [0.3, 0.4) is 0 Å². The molecule has 1 amide bonds. The summed E-state index contributed by atoms with van der Waals surface area (Å²) in [5, 5.41) is 3.19. The van der Waals surface area contributed by atoms with Crippen molar-refractivity contribution in [3.8, 4) is 0 Å². The number of benzene rings is 1. The third-order valence-electron chi connectivity index (χ3n) is 5.96. The first kappa shape index (κ1) is 18.4. The van der Waals surface area contributed by atoms with Gasteiger partial charge in [0.25, 0.3) is 0 Å². The van der Waals surface area contributed by atoms with Crippen LogP contribution in [-0.2, 0) is 9.53 Å². The van der Waals surface area contributed by atoms with Crippen molar-refractivity contribution in [3.05, 3.63) is 35.4 Å². The summed E-state index contributed by atoms with van der Waals surface area (Å²) in [6.07, 6.45) is 6.28. The van der Waals surface area contributed by atoms with E-state index in [0.717, 1.165) is 45.1 Å². The average molecular weight is 344 g/mol. The number of ether oxygens (including phenoxy) is 1. The molecule has 0 bridgehead atoms. The first-order valence-electron chi connectivity index (χ1n) is 9.72. The van der Waals surface area contributed by atoms with Gasteiger partial charge in [0, 0.05) is 24.6 Å². The van der Waals surface area contributed by atoms with E-state index in [0.29, 0.717) is 12.5 Å². The van der Waals surface area contributed by atoms with Gasteiger partial charge in [-0.25, -0.2) is 0 Å². The molecule has 0 spiro atoms. The van der Waals surface area contributed by atoms with Crippen LogP contribution in [0.1, 0.15) is 62.7 Å². The van der Waals surface area contributed by atoms with Crippen LogP contribution in [0, 0.1) is 18.8 Å². The van der Waals surface area contributed by atoms with Crippen LogP contribution in [0.2, 0.25) is 0 Å². The molecule has 0 aromatic heterocycles. The highest BCUT2D eigenvalue weighted by molar-refractivity contribution is 5.80. The lowest BCUT2D eigenvalue weighted by Gasteiger charge is -2.38. The van der Waals surface area contributed by atoms with E-state index in [-0.39, 0.29) is 23.5 Å². The van der Waals surface area contributed by atoms with Gasteiger partial charge in [-0.3, -0.25) is 4.79 Å². The van der Waals surface area contributed by atoms with Gasteiger partial charge in [-0.2, -0.15) is 0 Å². The fraction of sp³-hybridized carbons (Fsp3) is 0.667. The molecule has 4 atom stereocenters. The number of amides is 1. The number of rotatable bonds is 4.